The van der Waals surface area contributed by atoms with Crippen molar-refractivity contribution in [1.82, 2.24) is 19.9 Å². The summed E-state index contributed by atoms with van der Waals surface area (Å²) < 4.78 is 34.2. The van der Waals surface area contributed by atoms with Crippen molar-refractivity contribution in [2.45, 2.75) is 20.3 Å². The zero-order valence-corrected chi connectivity index (χ0v) is 21.7. The summed E-state index contributed by atoms with van der Waals surface area (Å²) in [6.07, 6.45) is 11.4. The van der Waals surface area contributed by atoms with E-state index in [1.54, 1.807) is 19.3 Å². The molecule has 0 unspecified atom stereocenters. The van der Waals surface area contributed by atoms with Crippen LogP contribution >= 0.6 is 0 Å². The second kappa shape index (κ2) is 15.6. The lowest BCUT2D eigenvalue weighted by Gasteiger charge is -2.34. The summed E-state index contributed by atoms with van der Waals surface area (Å²) in [5, 5.41) is 0. The number of aromatic nitrogens is 3. The van der Waals surface area contributed by atoms with E-state index in [1.165, 1.54) is 12.2 Å². The molecule has 196 valence electrons. The predicted molar refractivity (Wildman–Crippen MR) is 144 cm³/mol. The number of rotatable bonds is 9. The Kier molecular flexibility index (Phi) is 12.5. The van der Waals surface area contributed by atoms with Gasteiger partial charge in [0.25, 0.3) is 0 Å². The number of aliphatic imine (C=N–C) groups is 1. The molecule has 0 bridgehead atoms. The first-order valence-electron chi connectivity index (χ1n) is 12.1. The van der Waals surface area contributed by atoms with Gasteiger partial charge in [0, 0.05) is 53.4 Å². The van der Waals surface area contributed by atoms with E-state index < -0.39 is 11.7 Å². The molecule has 0 N–H and O–H groups in total. The smallest absolute Gasteiger partial charge is 0.230 e. The minimum atomic E-state index is -0.548. The zero-order valence-electron chi connectivity index (χ0n) is 21.7. The highest BCUT2D eigenvalue weighted by molar-refractivity contribution is 5.76. The van der Waals surface area contributed by atoms with Crippen LogP contribution in [0.5, 0.6) is 0 Å². The number of halogens is 2. The Hall–Kier alpha value is -3.40. The van der Waals surface area contributed by atoms with Crippen molar-refractivity contribution in [2.24, 2.45) is 4.99 Å². The largest absolute Gasteiger partial charge is 0.380 e. The van der Waals surface area contributed by atoms with E-state index >= 15 is 0 Å². The lowest BCUT2D eigenvalue weighted by molar-refractivity contribution is 0.154. The van der Waals surface area contributed by atoms with Gasteiger partial charge in [0.15, 0.2) is 5.82 Å². The van der Waals surface area contributed by atoms with Gasteiger partial charge in [-0.2, -0.15) is 15.0 Å². The maximum absolute atomic E-state index is 14.7. The van der Waals surface area contributed by atoms with Crippen molar-refractivity contribution in [3.8, 4) is 0 Å². The molecule has 36 heavy (non-hydrogen) atoms. The van der Waals surface area contributed by atoms with Gasteiger partial charge in [-0.15, -0.1) is 0 Å². The highest BCUT2D eigenvalue weighted by Crippen LogP contribution is 2.29. The van der Waals surface area contributed by atoms with Crippen LogP contribution in [-0.4, -0.2) is 86.1 Å². The minimum absolute atomic E-state index is 0.0203. The fraction of sp³-hybridized carbons (Fsp3) is 0.462. The molecular weight excluding hydrogens is 464 g/mol. The molecule has 1 fully saturated rings. The van der Waals surface area contributed by atoms with Crippen LogP contribution in [0.1, 0.15) is 26.1 Å². The van der Waals surface area contributed by atoms with Gasteiger partial charge in [-0.25, -0.2) is 8.78 Å². The summed E-state index contributed by atoms with van der Waals surface area (Å²) >= 11 is 0. The summed E-state index contributed by atoms with van der Waals surface area (Å²) in [6.45, 7) is 12.2. The Morgan fingerprint density at radius 3 is 2.53 bits per heavy atom. The highest BCUT2D eigenvalue weighted by atomic mass is 19.1. The van der Waals surface area contributed by atoms with Crippen LogP contribution < -0.4 is 9.80 Å². The third-order valence-corrected chi connectivity index (χ3v) is 5.41. The van der Waals surface area contributed by atoms with Gasteiger partial charge < -0.3 is 24.4 Å². The Morgan fingerprint density at radius 2 is 1.89 bits per heavy atom. The molecule has 1 aromatic heterocycles. The van der Waals surface area contributed by atoms with Crippen LogP contribution in [0.3, 0.4) is 0 Å². The first-order chi connectivity index (χ1) is 17.4. The first kappa shape index (κ1) is 28.8. The predicted octanol–water partition coefficient (Wildman–Crippen LogP) is 4.37. The summed E-state index contributed by atoms with van der Waals surface area (Å²) in [5.41, 5.74) is 0.0203. The van der Waals surface area contributed by atoms with Crippen LogP contribution in [0.25, 0.3) is 5.57 Å². The Morgan fingerprint density at radius 1 is 1.17 bits per heavy atom. The van der Waals surface area contributed by atoms with Gasteiger partial charge in [0.05, 0.1) is 12.2 Å². The van der Waals surface area contributed by atoms with E-state index in [-0.39, 0.29) is 17.8 Å². The minimum Gasteiger partial charge on any atom is -0.380 e. The first-order valence-corrected chi connectivity index (χ1v) is 12.1. The summed E-state index contributed by atoms with van der Waals surface area (Å²) in [6, 6.07) is 0. The van der Waals surface area contributed by atoms with Crippen molar-refractivity contribution in [3.63, 3.8) is 0 Å². The number of hydrogen-bond donors (Lipinski definition) is 0. The summed E-state index contributed by atoms with van der Waals surface area (Å²) in [4.78, 5) is 23.3. The molecule has 0 radical (unpaired) electrons. The van der Waals surface area contributed by atoms with Crippen LogP contribution in [0.2, 0.25) is 0 Å². The molecular formula is C26H37F2N7O. The number of allylic oxidation sites excluding steroid dienone is 8. The van der Waals surface area contributed by atoms with E-state index in [0.717, 1.165) is 19.2 Å². The monoisotopic (exact) mass is 501 g/mol. The van der Waals surface area contributed by atoms with Crippen LogP contribution in [0, 0.1) is 0 Å². The van der Waals surface area contributed by atoms with E-state index in [1.807, 2.05) is 43.0 Å². The maximum Gasteiger partial charge on any atom is 0.230 e. The second-order valence-corrected chi connectivity index (χ2v) is 7.93. The number of likely N-dealkylation sites (N-methyl/N-ethyl adjacent to an activating group) is 1. The van der Waals surface area contributed by atoms with Gasteiger partial charge in [0.2, 0.25) is 11.9 Å². The van der Waals surface area contributed by atoms with Crippen LogP contribution in [-0.2, 0) is 4.74 Å². The molecule has 0 spiro atoms. The molecule has 1 aliphatic heterocycles. The molecule has 0 saturated carbocycles. The standard InChI is InChI=1S/C23H30F2N6O.C3H7N/c1-4-6-10-30-11-13-31(14-12-30)23-27-21(19-17-18(24)8-7-9-20(19)25)26-22(28-23)29(3)15-16-32-5-2;1-3-4-2/h4,6,8-10,17H,1,5,7,11-16H2,2-3H3;3H,1-2H3/b10-6+;. The molecule has 3 rings (SSSR count). The van der Waals surface area contributed by atoms with Gasteiger partial charge in [-0.3, -0.25) is 0 Å². The van der Waals surface area contributed by atoms with E-state index in [4.69, 9.17) is 4.74 Å². The van der Waals surface area contributed by atoms with Crippen molar-refractivity contribution < 1.29 is 13.5 Å². The second-order valence-electron chi connectivity index (χ2n) is 7.93. The third-order valence-electron chi connectivity index (χ3n) is 5.41. The molecule has 2 aliphatic rings. The molecule has 1 saturated heterocycles. The lowest BCUT2D eigenvalue weighted by Crippen LogP contribution is -2.45. The number of hydrogen-bond acceptors (Lipinski definition) is 8. The number of ether oxygens (including phenoxy) is 1. The Labute approximate surface area is 213 Å². The molecule has 1 aliphatic carbocycles. The van der Waals surface area contributed by atoms with E-state index in [0.29, 0.717) is 44.7 Å². The van der Waals surface area contributed by atoms with Crippen LogP contribution in [0.15, 0.2) is 59.8 Å². The van der Waals surface area contributed by atoms with Gasteiger partial charge in [-0.05, 0) is 57.0 Å². The summed E-state index contributed by atoms with van der Waals surface area (Å²) in [5.74, 6) is -0.113. The molecule has 0 atom stereocenters. The topological polar surface area (TPSA) is 70.0 Å². The zero-order chi connectivity index (χ0) is 26.3. The molecule has 8 nitrogen and oxygen atoms in total. The van der Waals surface area contributed by atoms with Crippen molar-refractivity contribution in [3.05, 3.63) is 60.6 Å². The SMILES string of the molecule is C=C/C=C/N1CCN(c2nc(C3=CC(F)=CCC=C3F)nc(N(C)CCOCC)n2)CC1.CC=NC. The maximum atomic E-state index is 14.7. The average Bonchev–Trinajstić information content (AvgIpc) is 3.07. The van der Waals surface area contributed by atoms with Gasteiger partial charge >= 0.3 is 0 Å². The lowest BCUT2D eigenvalue weighted by atomic mass is 10.2. The molecule has 2 heterocycles. The fourth-order valence-electron chi connectivity index (χ4n) is 3.31. The quantitative estimate of drug-likeness (QED) is 0.283. The molecule has 10 heteroatoms. The van der Waals surface area contributed by atoms with Crippen LogP contribution in [0.4, 0.5) is 20.7 Å². The highest BCUT2D eigenvalue weighted by Gasteiger charge is 2.23. The molecule has 1 aromatic rings. The number of anilines is 2. The Bertz CT molecular complexity index is 992. The van der Waals surface area contributed by atoms with E-state index in [2.05, 4.69) is 31.4 Å². The number of piperazine rings is 1. The average molecular weight is 502 g/mol. The van der Waals surface area contributed by atoms with E-state index in [9.17, 15) is 8.78 Å². The van der Waals surface area contributed by atoms with Crippen molar-refractivity contribution in [2.75, 3.05) is 69.8 Å². The van der Waals surface area contributed by atoms with Crippen molar-refractivity contribution in [1.29, 1.82) is 0 Å². The van der Waals surface area contributed by atoms with Gasteiger partial charge in [-0.1, -0.05) is 12.7 Å². The van der Waals surface area contributed by atoms with Crippen molar-refractivity contribution >= 4 is 23.7 Å². The Balaban J connectivity index is 0.00000106. The van der Waals surface area contributed by atoms with Gasteiger partial charge in [0.1, 0.15) is 11.7 Å². The normalized spacial score (nSPS) is 16.2. The molecule has 0 amide bonds. The third kappa shape index (κ3) is 8.99. The fourth-order valence-corrected chi connectivity index (χ4v) is 3.31. The molecule has 0 aromatic carbocycles. The number of nitrogens with zero attached hydrogens (tertiary/aromatic N) is 7. The summed E-state index contributed by atoms with van der Waals surface area (Å²) in [7, 11) is 3.59.